The molecule has 5 nitrogen and oxygen atoms in total. The zero-order valence-corrected chi connectivity index (χ0v) is 13.7. The lowest BCUT2D eigenvalue weighted by molar-refractivity contribution is 0.0665. The highest BCUT2D eigenvalue weighted by atomic mass is 19.2. The molecule has 0 unspecified atom stereocenters. The average Bonchev–Trinajstić information content (AvgIpc) is 2.67. The van der Waals surface area contributed by atoms with E-state index in [0.29, 0.717) is 5.69 Å². The van der Waals surface area contributed by atoms with Gasteiger partial charge in [-0.15, -0.1) is 0 Å². The molecule has 0 bridgehead atoms. The smallest absolute Gasteiger partial charge is 0.321 e. The third kappa shape index (κ3) is 3.63. The zero-order valence-electron chi connectivity index (χ0n) is 13.7. The van der Waals surface area contributed by atoms with Gasteiger partial charge in [0.25, 0.3) is 5.91 Å². The fourth-order valence-corrected chi connectivity index (χ4v) is 2.70. The Morgan fingerprint density at radius 3 is 2.08 bits per heavy atom. The van der Waals surface area contributed by atoms with Crippen LogP contribution in [-0.2, 0) is 0 Å². The molecular formula is C18H16F3N3O2. The van der Waals surface area contributed by atoms with Gasteiger partial charge in [0.2, 0.25) is 0 Å². The van der Waals surface area contributed by atoms with E-state index >= 15 is 0 Å². The summed E-state index contributed by atoms with van der Waals surface area (Å²) in [5.74, 6) is -5.25. The van der Waals surface area contributed by atoms with Crippen LogP contribution in [0.3, 0.4) is 0 Å². The summed E-state index contributed by atoms with van der Waals surface area (Å²) in [5.41, 5.74) is 0.131. The molecule has 1 N–H and O–H groups in total. The summed E-state index contributed by atoms with van der Waals surface area (Å²) in [6, 6.07) is 10.3. The van der Waals surface area contributed by atoms with Gasteiger partial charge in [-0.05, 0) is 24.3 Å². The topological polar surface area (TPSA) is 52.7 Å². The van der Waals surface area contributed by atoms with Gasteiger partial charge in [0, 0.05) is 31.9 Å². The summed E-state index contributed by atoms with van der Waals surface area (Å²) in [6.07, 6.45) is 0. The molecule has 2 aromatic rings. The Morgan fingerprint density at radius 2 is 1.42 bits per heavy atom. The lowest BCUT2D eigenvalue weighted by atomic mass is 10.1. The molecule has 1 heterocycles. The van der Waals surface area contributed by atoms with Crippen LogP contribution in [0.4, 0.5) is 23.7 Å². The first-order valence-electron chi connectivity index (χ1n) is 8.01. The number of para-hydroxylation sites is 1. The maximum absolute atomic E-state index is 13.8. The minimum absolute atomic E-state index is 0.166. The second kappa shape index (κ2) is 7.47. The van der Waals surface area contributed by atoms with Crippen LogP contribution in [0.15, 0.2) is 42.5 Å². The van der Waals surface area contributed by atoms with Gasteiger partial charge in [0.1, 0.15) is 0 Å². The molecule has 136 valence electrons. The fourth-order valence-electron chi connectivity index (χ4n) is 2.70. The number of nitrogens with one attached hydrogen (secondary N) is 1. The number of benzene rings is 2. The van der Waals surface area contributed by atoms with Crippen LogP contribution in [0.1, 0.15) is 10.4 Å². The first-order chi connectivity index (χ1) is 12.5. The van der Waals surface area contributed by atoms with Crippen molar-refractivity contribution in [2.45, 2.75) is 0 Å². The molecule has 26 heavy (non-hydrogen) atoms. The van der Waals surface area contributed by atoms with Crippen LogP contribution >= 0.6 is 0 Å². The quantitative estimate of drug-likeness (QED) is 0.834. The lowest BCUT2D eigenvalue weighted by Crippen LogP contribution is -2.51. The molecule has 0 aliphatic carbocycles. The van der Waals surface area contributed by atoms with Crippen LogP contribution in [0.2, 0.25) is 0 Å². The zero-order chi connectivity index (χ0) is 18.7. The Bertz CT molecular complexity index is 822. The van der Waals surface area contributed by atoms with Crippen LogP contribution in [0.5, 0.6) is 0 Å². The minimum atomic E-state index is -1.67. The normalized spacial score (nSPS) is 14.3. The van der Waals surface area contributed by atoms with Gasteiger partial charge in [-0.2, -0.15) is 0 Å². The third-order valence-corrected chi connectivity index (χ3v) is 4.14. The predicted molar refractivity (Wildman–Crippen MR) is 89.3 cm³/mol. The lowest BCUT2D eigenvalue weighted by Gasteiger charge is -2.34. The largest absolute Gasteiger partial charge is 0.335 e. The number of carbonyl (C=O) groups is 2. The highest BCUT2D eigenvalue weighted by Gasteiger charge is 2.28. The first kappa shape index (κ1) is 17.8. The number of anilines is 1. The summed E-state index contributed by atoms with van der Waals surface area (Å²) < 4.78 is 40.1. The molecule has 3 rings (SSSR count). The van der Waals surface area contributed by atoms with E-state index in [1.54, 1.807) is 24.3 Å². The molecule has 1 aliphatic rings. The molecule has 1 fully saturated rings. The predicted octanol–water partition coefficient (Wildman–Crippen LogP) is 3.09. The Kier molecular flexibility index (Phi) is 5.11. The standard InChI is InChI=1S/C18H16F3N3O2/c19-14-7-6-13(15(20)16(14)21)17(25)23-8-10-24(11-9-23)18(26)22-12-4-2-1-3-5-12/h1-7H,8-11H2,(H,22,26). The van der Waals surface area contributed by atoms with Gasteiger partial charge in [-0.3, -0.25) is 4.79 Å². The summed E-state index contributed by atoms with van der Waals surface area (Å²) in [7, 11) is 0. The van der Waals surface area contributed by atoms with Crippen LogP contribution in [-0.4, -0.2) is 47.9 Å². The molecule has 0 radical (unpaired) electrons. The number of halogens is 3. The van der Waals surface area contributed by atoms with E-state index in [4.69, 9.17) is 0 Å². The van der Waals surface area contributed by atoms with Crippen molar-refractivity contribution in [3.8, 4) is 0 Å². The number of amides is 3. The van der Waals surface area contributed by atoms with Crippen molar-refractivity contribution in [2.75, 3.05) is 31.5 Å². The number of nitrogens with zero attached hydrogens (tertiary/aromatic N) is 2. The van der Waals surface area contributed by atoms with E-state index in [1.807, 2.05) is 6.07 Å². The van der Waals surface area contributed by atoms with E-state index in [9.17, 15) is 22.8 Å². The van der Waals surface area contributed by atoms with Gasteiger partial charge in [0.15, 0.2) is 17.5 Å². The van der Waals surface area contributed by atoms with Gasteiger partial charge in [0.05, 0.1) is 5.56 Å². The maximum atomic E-state index is 13.8. The molecule has 1 saturated heterocycles. The summed E-state index contributed by atoms with van der Waals surface area (Å²) in [5, 5.41) is 2.74. The summed E-state index contributed by atoms with van der Waals surface area (Å²) >= 11 is 0. The molecule has 2 aromatic carbocycles. The van der Waals surface area contributed by atoms with Crippen molar-refractivity contribution in [2.24, 2.45) is 0 Å². The molecule has 1 aliphatic heterocycles. The highest BCUT2D eigenvalue weighted by molar-refractivity contribution is 5.95. The van der Waals surface area contributed by atoms with Gasteiger partial charge < -0.3 is 15.1 Å². The molecule has 3 amide bonds. The second-order valence-corrected chi connectivity index (χ2v) is 5.80. The van der Waals surface area contributed by atoms with Crippen LogP contribution in [0, 0.1) is 17.5 Å². The van der Waals surface area contributed by atoms with E-state index in [-0.39, 0.29) is 32.2 Å². The summed E-state index contributed by atoms with van der Waals surface area (Å²) in [4.78, 5) is 27.4. The van der Waals surface area contributed by atoms with Crippen LogP contribution in [0.25, 0.3) is 0 Å². The first-order valence-corrected chi connectivity index (χ1v) is 8.01. The van der Waals surface area contributed by atoms with E-state index < -0.39 is 28.9 Å². The Hall–Kier alpha value is -3.03. The number of urea groups is 1. The van der Waals surface area contributed by atoms with Gasteiger partial charge in [-0.25, -0.2) is 18.0 Å². The number of rotatable bonds is 2. The fraction of sp³-hybridized carbons (Fsp3) is 0.222. The van der Waals surface area contributed by atoms with Crippen molar-refractivity contribution in [3.05, 3.63) is 65.5 Å². The van der Waals surface area contributed by atoms with E-state index in [0.717, 1.165) is 12.1 Å². The summed E-state index contributed by atoms with van der Waals surface area (Å²) in [6.45, 7) is 0.824. The molecular weight excluding hydrogens is 347 g/mol. The van der Waals surface area contributed by atoms with Crippen LogP contribution < -0.4 is 5.32 Å². The van der Waals surface area contributed by atoms with Gasteiger partial charge in [-0.1, -0.05) is 18.2 Å². The molecule has 8 heteroatoms. The number of carbonyl (C=O) groups excluding carboxylic acids is 2. The number of hydrogen-bond donors (Lipinski definition) is 1. The number of piperazine rings is 1. The van der Waals surface area contributed by atoms with Crippen molar-refractivity contribution in [3.63, 3.8) is 0 Å². The van der Waals surface area contributed by atoms with Crippen molar-refractivity contribution in [1.29, 1.82) is 0 Å². The second-order valence-electron chi connectivity index (χ2n) is 5.80. The van der Waals surface area contributed by atoms with E-state index in [2.05, 4.69) is 5.32 Å². The Balaban J connectivity index is 1.61. The average molecular weight is 363 g/mol. The molecule has 0 saturated carbocycles. The van der Waals surface area contributed by atoms with Gasteiger partial charge >= 0.3 is 6.03 Å². The monoisotopic (exact) mass is 363 g/mol. The molecule has 0 aromatic heterocycles. The van der Waals surface area contributed by atoms with E-state index in [1.165, 1.54) is 9.80 Å². The minimum Gasteiger partial charge on any atom is -0.335 e. The molecule has 0 spiro atoms. The van der Waals surface area contributed by atoms with Crippen molar-refractivity contribution < 1.29 is 22.8 Å². The number of hydrogen-bond acceptors (Lipinski definition) is 2. The van der Waals surface area contributed by atoms with Crippen molar-refractivity contribution in [1.82, 2.24) is 9.80 Å². The van der Waals surface area contributed by atoms with Crippen molar-refractivity contribution >= 4 is 17.6 Å². The molecule has 0 atom stereocenters. The third-order valence-electron chi connectivity index (χ3n) is 4.14. The highest BCUT2D eigenvalue weighted by Crippen LogP contribution is 2.18. The Labute approximate surface area is 148 Å². The maximum Gasteiger partial charge on any atom is 0.321 e. The SMILES string of the molecule is O=C(Nc1ccccc1)N1CCN(C(=O)c2ccc(F)c(F)c2F)CC1. The Morgan fingerprint density at radius 1 is 0.808 bits per heavy atom.